The molecular formula is C19H24N2O3. The molecule has 0 aromatic heterocycles. The van der Waals surface area contributed by atoms with E-state index in [0.717, 1.165) is 68.7 Å². The molecule has 0 unspecified atom stereocenters. The lowest BCUT2D eigenvalue weighted by molar-refractivity contribution is -0.0816. The molecule has 0 N–H and O–H groups in total. The maximum absolute atomic E-state index is 12.9. The smallest absolute Gasteiger partial charge is 0.253 e. The number of benzene rings is 1. The van der Waals surface area contributed by atoms with Gasteiger partial charge in [-0.1, -0.05) is 0 Å². The van der Waals surface area contributed by atoms with E-state index in [1.54, 1.807) is 0 Å². The lowest BCUT2D eigenvalue weighted by Crippen LogP contribution is -2.63. The van der Waals surface area contributed by atoms with Crippen molar-refractivity contribution in [3.8, 4) is 5.75 Å². The number of piperazine rings is 1. The van der Waals surface area contributed by atoms with Crippen LogP contribution in [0.2, 0.25) is 0 Å². The van der Waals surface area contributed by atoms with Crippen LogP contribution in [0, 0.1) is 5.92 Å². The molecule has 0 radical (unpaired) electrons. The van der Waals surface area contributed by atoms with Crippen LogP contribution < -0.4 is 4.74 Å². The number of rotatable bonds is 2. The van der Waals surface area contributed by atoms with Crippen molar-refractivity contribution in [1.29, 1.82) is 0 Å². The first-order valence-electron chi connectivity index (χ1n) is 9.18. The number of ether oxygens (including phenoxy) is 2. The molecule has 0 spiro atoms. The molecule has 5 nitrogen and oxygen atoms in total. The fourth-order valence-corrected chi connectivity index (χ4v) is 4.45. The summed E-state index contributed by atoms with van der Waals surface area (Å²) >= 11 is 0. The highest BCUT2D eigenvalue weighted by Gasteiger charge is 2.43. The van der Waals surface area contributed by atoms with Crippen LogP contribution in [0.25, 0.3) is 0 Å². The molecule has 2 saturated heterocycles. The van der Waals surface area contributed by atoms with E-state index in [1.807, 2.05) is 23.1 Å². The second-order valence-corrected chi connectivity index (χ2v) is 7.51. The molecule has 0 bridgehead atoms. The normalized spacial score (nSPS) is 29.8. The molecule has 1 aliphatic carbocycles. The lowest BCUT2D eigenvalue weighted by Gasteiger charge is -2.48. The summed E-state index contributed by atoms with van der Waals surface area (Å²) in [7, 11) is 0. The molecule has 2 atom stereocenters. The largest absolute Gasteiger partial charge is 0.493 e. The van der Waals surface area contributed by atoms with Crippen molar-refractivity contribution in [2.45, 2.75) is 31.3 Å². The van der Waals surface area contributed by atoms with E-state index in [4.69, 9.17) is 9.47 Å². The topological polar surface area (TPSA) is 42.0 Å². The number of amides is 1. The molecule has 3 aliphatic heterocycles. The van der Waals surface area contributed by atoms with Gasteiger partial charge in [0.2, 0.25) is 0 Å². The Labute approximate surface area is 142 Å². The van der Waals surface area contributed by atoms with E-state index in [-0.39, 0.29) is 5.91 Å². The summed E-state index contributed by atoms with van der Waals surface area (Å²) in [6.07, 6.45) is 3.60. The zero-order valence-corrected chi connectivity index (χ0v) is 13.9. The Kier molecular flexibility index (Phi) is 3.52. The van der Waals surface area contributed by atoms with E-state index in [9.17, 15) is 4.79 Å². The quantitative estimate of drug-likeness (QED) is 0.826. The predicted octanol–water partition coefficient (Wildman–Crippen LogP) is 1.56. The maximum Gasteiger partial charge on any atom is 0.253 e. The van der Waals surface area contributed by atoms with Crippen molar-refractivity contribution in [3.05, 3.63) is 29.3 Å². The third kappa shape index (κ3) is 2.50. The minimum absolute atomic E-state index is 0.151. The van der Waals surface area contributed by atoms with Crippen molar-refractivity contribution in [3.63, 3.8) is 0 Å². The maximum atomic E-state index is 12.9. The average Bonchev–Trinajstić information content (AvgIpc) is 3.36. The number of fused-ring (bicyclic) bond motifs is 2. The number of hydrogen-bond donors (Lipinski definition) is 0. The van der Waals surface area contributed by atoms with Gasteiger partial charge in [-0.25, -0.2) is 0 Å². The zero-order chi connectivity index (χ0) is 16.1. The summed E-state index contributed by atoms with van der Waals surface area (Å²) in [6, 6.07) is 6.81. The van der Waals surface area contributed by atoms with Crippen LogP contribution in [0.3, 0.4) is 0 Å². The van der Waals surface area contributed by atoms with Gasteiger partial charge in [0.25, 0.3) is 5.91 Å². The van der Waals surface area contributed by atoms with Crippen molar-refractivity contribution >= 4 is 5.91 Å². The average molecular weight is 328 g/mol. The van der Waals surface area contributed by atoms with Crippen LogP contribution in [0.5, 0.6) is 5.75 Å². The first-order chi connectivity index (χ1) is 11.8. The summed E-state index contributed by atoms with van der Waals surface area (Å²) in [5.41, 5.74) is 1.96. The molecule has 128 valence electrons. The molecule has 5 heteroatoms. The number of morpholine rings is 1. The number of nitrogens with zero attached hydrogens (tertiary/aromatic N) is 2. The fourth-order valence-electron chi connectivity index (χ4n) is 4.45. The van der Waals surface area contributed by atoms with Gasteiger partial charge in [-0.05, 0) is 42.5 Å². The first-order valence-corrected chi connectivity index (χ1v) is 9.18. The van der Waals surface area contributed by atoms with Crippen molar-refractivity contribution in [2.24, 2.45) is 5.92 Å². The summed E-state index contributed by atoms with van der Waals surface area (Å²) in [5, 5.41) is 0. The molecular weight excluding hydrogens is 304 g/mol. The molecule has 5 rings (SSSR count). The second kappa shape index (κ2) is 5.74. The minimum Gasteiger partial charge on any atom is -0.493 e. The fraction of sp³-hybridized carbons (Fsp3) is 0.632. The van der Waals surface area contributed by atoms with E-state index < -0.39 is 0 Å². The van der Waals surface area contributed by atoms with Crippen LogP contribution in [-0.4, -0.2) is 67.2 Å². The molecule has 1 amide bonds. The molecule has 3 fully saturated rings. The summed E-state index contributed by atoms with van der Waals surface area (Å²) in [5.74, 6) is 1.91. The van der Waals surface area contributed by atoms with Gasteiger partial charge in [-0.2, -0.15) is 0 Å². The Balaban J connectivity index is 1.30. The highest BCUT2D eigenvalue weighted by molar-refractivity contribution is 5.94. The Morgan fingerprint density at radius 2 is 2.08 bits per heavy atom. The van der Waals surface area contributed by atoms with E-state index in [1.165, 1.54) is 12.8 Å². The summed E-state index contributed by atoms with van der Waals surface area (Å²) in [4.78, 5) is 17.6. The molecule has 3 heterocycles. The summed E-state index contributed by atoms with van der Waals surface area (Å²) < 4.78 is 11.4. The van der Waals surface area contributed by atoms with Crippen molar-refractivity contribution in [1.82, 2.24) is 9.80 Å². The van der Waals surface area contributed by atoms with Crippen molar-refractivity contribution < 1.29 is 14.3 Å². The first kappa shape index (κ1) is 14.7. The van der Waals surface area contributed by atoms with Gasteiger partial charge >= 0.3 is 0 Å². The number of carbonyl (C=O) groups is 1. The van der Waals surface area contributed by atoms with Gasteiger partial charge in [0.1, 0.15) is 5.75 Å². The highest BCUT2D eigenvalue weighted by Crippen LogP contribution is 2.38. The van der Waals surface area contributed by atoms with Gasteiger partial charge in [0, 0.05) is 37.7 Å². The van der Waals surface area contributed by atoms with Gasteiger partial charge in [-0.3, -0.25) is 9.69 Å². The van der Waals surface area contributed by atoms with Crippen LogP contribution in [0.4, 0.5) is 0 Å². The van der Waals surface area contributed by atoms with E-state index >= 15 is 0 Å². The SMILES string of the molecule is O=C(c1ccc2c(c1)CCO2)N1CCN2[C@@H](COC[C@@H]2C2CC2)C1. The monoisotopic (exact) mass is 328 g/mol. The van der Waals surface area contributed by atoms with Gasteiger partial charge < -0.3 is 14.4 Å². The zero-order valence-electron chi connectivity index (χ0n) is 13.9. The van der Waals surface area contributed by atoms with Crippen LogP contribution in [0.15, 0.2) is 18.2 Å². The second-order valence-electron chi connectivity index (χ2n) is 7.51. The van der Waals surface area contributed by atoms with E-state index in [0.29, 0.717) is 12.1 Å². The van der Waals surface area contributed by atoms with E-state index in [2.05, 4.69) is 4.90 Å². The van der Waals surface area contributed by atoms with Gasteiger partial charge in [0.15, 0.2) is 0 Å². The van der Waals surface area contributed by atoms with Crippen LogP contribution >= 0.6 is 0 Å². The lowest BCUT2D eigenvalue weighted by atomic mass is 10.0. The Hall–Kier alpha value is -1.59. The third-order valence-corrected chi connectivity index (χ3v) is 5.94. The molecule has 1 aromatic carbocycles. The molecule has 1 aromatic rings. The van der Waals surface area contributed by atoms with Crippen LogP contribution in [-0.2, 0) is 11.2 Å². The van der Waals surface area contributed by atoms with Gasteiger partial charge in [0.05, 0.1) is 25.9 Å². The van der Waals surface area contributed by atoms with Crippen LogP contribution in [0.1, 0.15) is 28.8 Å². The highest BCUT2D eigenvalue weighted by atomic mass is 16.5. The number of hydrogen-bond acceptors (Lipinski definition) is 4. The Morgan fingerprint density at radius 1 is 1.17 bits per heavy atom. The Morgan fingerprint density at radius 3 is 2.96 bits per heavy atom. The number of carbonyl (C=O) groups excluding carboxylic acids is 1. The predicted molar refractivity (Wildman–Crippen MR) is 89.4 cm³/mol. The minimum atomic E-state index is 0.151. The van der Waals surface area contributed by atoms with Gasteiger partial charge in [-0.15, -0.1) is 0 Å². The molecule has 24 heavy (non-hydrogen) atoms. The third-order valence-electron chi connectivity index (χ3n) is 5.94. The summed E-state index contributed by atoms with van der Waals surface area (Å²) in [6.45, 7) is 4.95. The molecule has 4 aliphatic rings. The molecule has 1 saturated carbocycles. The van der Waals surface area contributed by atoms with Crippen molar-refractivity contribution in [2.75, 3.05) is 39.5 Å². The Bertz CT molecular complexity index is 658. The standard InChI is InChI=1S/C19H24N2O3/c22-19(15-3-4-18-14(9-15)5-8-24-18)20-6-7-21-16(10-20)11-23-12-17(21)13-1-2-13/h3-4,9,13,16-17H,1-2,5-8,10-12H2/t16-,17-/m1/s1.